The van der Waals surface area contributed by atoms with Gasteiger partial charge in [0.2, 0.25) is 0 Å². The van der Waals surface area contributed by atoms with E-state index in [0.717, 1.165) is 19.5 Å². The third-order valence-corrected chi connectivity index (χ3v) is 2.87. The van der Waals surface area contributed by atoms with Crippen molar-refractivity contribution in [3.63, 3.8) is 0 Å². The van der Waals surface area contributed by atoms with E-state index in [0.29, 0.717) is 11.1 Å². The van der Waals surface area contributed by atoms with Gasteiger partial charge in [0.15, 0.2) is 0 Å². The van der Waals surface area contributed by atoms with Crippen LogP contribution >= 0.6 is 11.6 Å². The highest BCUT2D eigenvalue weighted by Gasteiger charge is 2.16. The first-order chi connectivity index (χ1) is 6.68. The number of pyridine rings is 1. The van der Waals surface area contributed by atoms with E-state index in [1.165, 1.54) is 16.8 Å². The van der Waals surface area contributed by atoms with Gasteiger partial charge in [-0.15, -0.1) is 0 Å². The zero-order valence-corrected chi connectivity index (χ0v) is 9.36. The lowest BCUT2D eigenvalue weighted by Gasteiger charge is -2.21. The van der Waals surface area contributed by atoms with Gasteiger partial charge in [-0.05, 0) is 23.1 Å². The van der Waals surface area contributed by atoms with Crippen LogP contribution in [0.25, 0.3) is 0 Å². The second-order valence-corrected chi connectivity index (χ2v) is 4.43. The van der Waals surface area contributed by atoms with Crippen LogP contribution in [0.1, 0.15) is 36.6 Å². The largest absolute Gasteiger partial charge is 0.312 e. The molecule has 0 spiro atoms. The molecule has 1 aliphatic heterocycles. The minimum atomic E-state index is 0.518. The summed E-state index contributed by atoms with van der Waals surface area (Å²) in [7, 11) is 0. The number of hydrogen-bond donors (Lipinski definition) is 1. The predicted molar refractivity (Wildman–Crippen MR) is 58.7 cm³/mol. The molecule has 0 saturated carbocycles. The van der Waals surface area contributed by atoms with Crippen molar-refractivity contribution in [1.29, 1.82) is 0 Å². The molecule has 0 bridgehead atoms. The molecule has 3 heteroatoms. The van der Waals surface area contributed by atoms with Crippen LogP contribution in [0.3, 0.4) is 0 Å². The second kappa shape index (κ2) is 3.87. The molecule has 1 N–H and O–H groups in total. The quantitative estimate of drug-likeness (QED) is 0.721. The van der Waals surface area contributed by atoms with Gasteiger partial charge in [-0.25, -0.2) is 4.98 Å². The number of fused-ring (bicyclic) bond motifs is 1. The number of hydrogen-bond acceptors (Lipinski definition) is 2. The van der Waals surface area contributed by atoms with Crippen molar-refractivity contribution in [2.45, 2.75) is 32.7 Å². The molecule has 0 atom stereocenters. The number of rotatable bonds is 1. The van der Waals surface area contributed by atoms with Crippen molar-refractivity contribution in [2.24, 2.45) is 0 Å². The molecule has 0 amide bonds. The summed E-state index contributed by atoms with van der Waals surface area (Å²) in [5.41, 5.74) is 3.88. The lowest BCUT2D eigenvalue weighted by molar-refractivity contribution is 0.618. The van der Waals surface area contributed by atoms with Crippen molar-refractivity contribution in [2.75, 3.05) is 6.54 Å². The fourth-order valence-electron chi connectivity index (χ4n) is 1.96. The summed E-state index contributed by atoms with van der Waals surface area (Å²) in [5, 5.41) is 4.01. The molecule has 1 aliphatic rings. The molecular weight excluding hydrogens is 196 g/mol. The van der Waals surface area contributed by atoms with Crippen molar-refractivity contribution >= 4 is 11.6 Å². The zero-order chi connectivity index (χ0) is 10.1. The molecule has 76 valence electrons. The molecule has 0 radical (unpaired) electrons. The van der Waals surface area contributed by atoms with Crippen LogP contribution in [-0.4, -0.2) is 11.5 Å². The van der Waals surface area contributed by atoms with E-state index >= 15 is 0 Å². The Kier molecular flexibility index (Phi) is 2.75. The average Bonchev–Trinajstić information content (AvgIpc) is 2.16. The van der Waals surface area contributed by atoms with Gasteiger partial charge in [0.25, 0.3) is 0 Å². The summed E-state index contributed by atoms with van der Waals surface area (Å²) in [6.45, 7) is 6.34. The maximum Gasteiger partial charge on any atom is 0.129 e. The van der Waals surface area contributed by atoms with Crippen molar-refractivity contribution < 1.29 is 0 Å². The van der Waals surface area contributed by atoms with Gasteiger partial charge >= 0.3 is 0 Å². The summed E-state index contributed by atoms with van der Waals surface area (Å²) in [4.78, 5) is 4.38. The minimum absolute atomic E-state index is 0.518. The Labute approximate surface area is 89.7 Å². The Morgan fingerprint density at radius 1 is 1.50 bits per heavy atom. The SMILES string of the molecule is CC(C)c1cc(Cl)nc2c1CNCC2. The molecule has 1 aromatic rings. The van der Waals surface area contributed by atoms with Gasteiger partial charge < -0.3 is 5.32 Å². The van der Waals surface area contributed by atoms with Crippen LogP contribution < -0.4 is 5.32 Å². The molecule has 1 aromatic heterocycles. The van der Waals surface area contributed by atoms with Crippen LogP contribution in [0, 0.1) is 0 Å². The summed E-state index contributed by atoms with van der Waals surface area (Å²) in [5.74, 6) is 0.518. The third-order valence-electron chi connectivity index (χ3n) is 2.68. The molecule has 2 heterocycles. The van der Waals surface area contributed by atoms with Gasteiger partial charge in [0.1, 0.15) is 5.15 Å². The molecule has 0 unspecified atom stereocenters. The lowest BCUT2D eigenvalue weighted by Crippen LogP contribution is -2.26. The molecule has 2 nitrogen and oxygen atoms in total. The first kappa shape index (κ1) is 9.94. The van der Waals surface area contributed by atoms with Gasteiger partial charge in [-0.3, -0.25) is 0 Å². The fourth-order valence-corrected chi connectivity index (χ4v) is 2.18. The standard InChI is InChI=1S/C11H15ClN2/c1-7(2)8-5-11(12)14-10-3-4-13-6-9(8)10/h5,7,13H,3-4,6H2,1-2H3. The van der Waals surface area contributed by atoms with Gasteiger partial charge in [0.05, 0.1) is 0 Å². The summed E-state index contributed by atoms with van der Waals surface area (Å²) in [6.07, 6.45) is 0.996. The van der Waals surface area contributed by atoms with Crippen LogP contribution in [0.4, 0.5) is 0 Å². The molecule has 0 saturated heterocycles. The zero-order valence-electron chi connectivity index (χ0n) is 8.60. The summed E-state index contributed by atoms with van der Waals surface area (Å²) in [6, 6.07) is 2.00. The topological polar surface area (TPSA) is 24.9 Å². The molecular formula is C11H15ClN2. The van der Waals surface area contributed by atoms with E-state index in [-0.39, 0.29) is 0 Å². The summed E-state index contributed by atoms with van der Waals surface area (Å²) < 4.78 is 0. The Morgan fingerprint density at radius 2 is 2.29 bits per heavy atom. The van der Waals surface area contributed by atoms with Crippen LogP contribution in [0.2, 0.25) is 5.15 Å². The normalized spacial score (nSPS) is 15.7. The average molecular weight is 211 g/mol. The highest BCUT2D eigenvalue weighted by molar-refractivity contribution is 6.29. The summed E-state index contributed by atoms with van der Waals surface area (Å²) >= 11 is 5.99. The van der Waals surface area contributed by atoms with E-state index < -0.39 is 0 Å². The molecule has 0 aromatic carbocycles. The Balaban J connectivity index is 2.52. The predicted octanol–water partition coefficient (Wildman–Crippen LogP) is 2.50. The van der Waals surface area contributed by atoms with E-state index in [2.05, 4.69) is 24.1 Å². The maximum atomic E-state index is 5.99. The number of aromatic nitrogens is 1. The Bertz CT molecular complexity index is 347. The molecule has 14 heavy (non-hydrogen) atoms. The van der Waals surface area contributed by atoms with E-state index in [9.17, 15) is 0 Å². The molecule has 0 aliphatic carbocycles. The van der Waals surface area contributed by atoms with Gasteiger partial charge in [0, 0.05) is 25.2 Å². The Morgan fingerprint density at radius 3 is 3.00 bits per heavy atom. The van der Waals surface area contributed by atoms with E-state index in [1.807, 2.05) is 6.07 Å². The number of nitrogens with one attached hydrogen (secondary N) is 1. The van der Waals surface area contributed by atoms with E-state index in [4.69, 9.17) is 11.6 Å². The first-order valence-electron chi connectivity index (χ1n) is 5.07. The van der Waals surface area contributed by atoms with Crippen LogP contribution in [-0.2, 0) is 13.0 Å². The van der Waals surface area contributed by atoms with Crippen LogP contribution in [0.5, 0.6) is 0 Å². The van der Waals surface area contributed by atoms with Crippen molar-refractivity contribution in [1.82, 2.24) is 10.3 Å². The highest BCUT2D eigenvalue weighted by atomic mass is 35.5. The monoisotopic (exact) mass is 210 g/mol. The van der Waals surface area contributed by atoms with Gasteiger partial charge in [-0.2, -0.15) is 0 Å². The lowest BCUT2D eigenvalue weighted by atomic mass is 9.94. The van der Waals surface area contributed by atoms with Crippen LogP contribution in [0.15, 0.2) is 6.07 Å². The van der Waals surface area contributed by atoms with Crippen molar-refractivity contribution in [3.05, 3.63) is 28.0 Å². The number of nitrogens with zero attached hydrogens (tertiary/aromatic N) is 1. The van der Waals surface area contributed by atoms with Gasteiger partial charge in [-0.1, -0.05) is 25.4 Å². The number of halogens is 1. The fraction of sp³-hybridized carbons (Fsp3) is 0.545. The molecule has 2 rings (SSSR count). The smallest absolute Gasteiger partial charge is 0.129 e. The maximum absolute atomic E-state index is 5.99. The Hall–Kier alpha value is -0.600. The first-order valence-corrected chi connectivity index (χ1v) is 5.45. The minimum Gasteiger partial charge on any atom is -0.312 e. The van der Waals surface area contributed by atoms with Crippen molar-refractivity contribution in [3.8, 4) is 0 Å². The molecule has 0 fully saturated rings. The second-order valence-electron chi connectivity index (χ2n) is 4.04. The highest BCUT2D eigenvalue weighted by Crippen LogP contribution is 2.26. The van der Waals surface area contributed by atoms with E-state index in [1.54, 1.807) is 0 Å². The third kappa shape index (κ3) is 1.77.